The van der Waals surface area contributed by atoms with Gasteiger partial charge in [0.25, 0.3) is 10.1 Å². The molecule has 0 saturated carbocycles. The van der Waals surface area contributed by atoms with Gasteiger partial charge in [0.1, 0.15) is 5.75 Å². The molecule has 0 amide bonds. The number of halogens is 9. The average Bonchev–Trinajstić information content (AvgIpc) is 2.52. The highest BCUT2D eigenvalue weighted by Gasteiger charge is 2.75. The molecule has 0 saturated heterocycles. The number of alkyl halides is 6. The third-order valence-electron chi connectivity index (χ3n) is 3.10. The quantitative estimate of drug-likeness (QED) is 0.114. The molecule has 0 aromatic heterocycles. The Morgan fingerprint density at radius 3 is 1.74 bits per heavy atom. The first-order valence-electron chi connectivity index (χ1n) is 7.15. The molecular formula is C14H7F6I3O7S. The van der Waals surface area contributed by atoms with E-state index in [0.717, 1.165) is 3.57 Å². The molecule has 0 bridgehead atoms. The first kappa shape index (κ1) is 28.6. The first-order chi connectivity index (χ1) is 13.8. The smallest absolute Gasteiger partial charge is 0.435 e. The van der Waals surface area contributed by atoms with Crippen LogP contribution in [0.25, 0.3) is 0 Å². The van der Waals surface area contributed by atoms with Crippen LogP contribution in [0.3, 0.4) is 0 Å². The lowest BCUT2D eigenvalue weighted by atomic mass is 10.1. The number of benzene rings is 1. The average molecular weight is 814 g/mol. The summed E-state index contributed by atoms with van der Waals surface area (Å²) in [7, 11) is -5.91. The highest BCUT2D eigenvalue weighted by molar-refractivity contribution is 14.1. The normalized spacial score (nSPS) is 13.4. The zero-order valence-electron chi connectivity index (χ0n) is 14.2. The summed E-state index contributed by atoms with van der Waals surface area (Å²) in [5.74, 6) is -6.71. The molecule has 0 aliphatic heterocycles. The van der Waals surface area contributed by atoms with Gasteiger partial charge in [-0.15, -0.1) is 0 Å². The molecule has 0 aliphatic rings. The van der Waals surface area contributed by atoms with Crippen molar-refractivity contribution in [1.82, 2.24) is 0 Å². The van der Waals surface area contributed by atoms with Crippen molar-refractivity contribution in [2.24, 2.45) is 0 Å². The lowest BCUT2D eigenvalue weighted by molar-refractivity contribution is -0.360. The maximum atomic E-state index is 13.1. The summed E-state index contributed by atoms with van der Waals surface area (Å²) >= 11 is 5.57. The Hall–Kier alpha value is -0.420. The van der Waals surface area contributed by atoms with Crippen molar-refractivity contribution >= 4 is 89.8 Å². The Balaban J connectivity index is 3.15. The lowest BCUT2D eigenvalue weighted by Crippen LogP contribution is -2.63. The fourth-order valence-corrected chi connectivity index (χ4v) is 6.53. The predicted octanol–water partition coefficient (Wildman–Crippen LogP) is 4.26. The van der Waals surface area contributed by atoms with E-state index in [2.05, 4.69) is 4.74 Å². The van der Waals surface area contributed by atoms with Crippen LogP contribution >= 0.6 is 67.8 Å². The minimum absolute atomic E-state index is 0.0240. The van der Waals surface area contributed by atoms with Crippen LogP contribution in [0.2, 0.25) is 0 Å². The maximum absolute atomic E-state index is 13.1. The Bertz CT molecular complexity index is 968. The van der Waals surface area contributed by atoms with Crippen molar-refractivity contribution in [3.63, 3.8) is 0 Å². The van der Waals surface area contributed by atoms with E-state index in [1.165, 1.54) is 0 Å². The van der Waals surface area contributed by atoms with Crippen LogP contribution in [-0.4, -0.2) is 48.6 Å². The van der Waals surface area contributed by atoms with Crippen LogP contribution in [0.5, 0.6) is 5.75 Å². The lowest BCUT2D eigenvalue weighted by Gasteiger charge is -2.35. The molecule has 31 heavy (non-hydrogen) atoms. The van der Waals surface area contributed by atoms with Gasteiger partial charge < -0.3 is 9.47 Å². The van der Waals surface area contributed by atoms with Crippen molar-refractivity contribution in [1.29, 1.82) is 0 Å². The molecule has 1 aromatic rings. The summed E-state index contributed by atoms with van der Waals surface area (Å²) in [4.78, 5) is 23.4. The van der Waals surface area contributed by atoms with Gasteiger partial charge in [0.05, 0.1) is 7.14 Å². The standard InChI is InChI=1S/C14H7F6I3O7S/c15-13(16,17)12(14(18,19)20,5-31(26,27)28)30-10(25)2-1-9(24)29-11-7(22)3-6(21)4-8(11)23/h1-4H,5H2,(H,26,27,28)/b2-1-. The molecule has 17 heteroatoms. The maximum Gasteiger partial charge on any atom is 0.438 e. The Morgan fingerprint density at radius 2 is 1.35 bits per heavy atom. The topological polar surface area (TPSA) is 107 Å². The van der Waals surface area contributed by atoms with Crippen molar-refractivity contribution in [3.8, 4) is 5.75 Å². The largest absolute Gasteiger partial charge is 0.438 e. The van der Waals surface area contributed by atoms with Crippen molar-refractivity contribution in [2.75, 3.05) is 5.75 Å². The monoisotopic (exact) mass is 814 g/mol. The van der Waals surface area contributed by atoms with Gasteiger partial charge in [0.2, 0.25) is 0 Å². The number of esters is 2. The second-order valence-corrected chi connectivity index (χ2v) is 10.4. The van der Waals surface area contributed by atoms with E-state index in [0.29, 0.717) is 7.14 Å². The van der Waals surface area contributed by atoms with Crippen molar-refractivity contribution < 1.29 is 58.4 Å². The van der Waals surface area contributed by atoms with E-state index in [1.54, 1.807) is 57.3 Å². The number of rotatable bonds is 6. The Morgan fingerprint density at radius 1 is 0.935 bits per heavy atom. The number of carbonyl (C=O) groups is 2. The second-order valence-electron chi connectivity index (χ2n) is 5.42. The van der Waals surface area contributed by atoms with Gasteiger partial charge in [0, 0.05) is 15.7 Å². The highest BCUT2D eigenvalue weighted by Crippen LogP contribution is 2.46. The van der Waals surface area contributed by atoms with Crippen molar-refractivity contribution in [3.05, 3.63) is 35.0 Å². The summed E-state index contributed by atoms with van der Waals surface area (Å²) in [6, 6.07) is 3.19. The molecule has 7 nitrogen and oxygen atoms in total. The molecule has 1 aromatic carbocycles. The fourth-order valence-electron chi connectivity index (χ4n) is 1.83. The molecule has 1 rings (SSSR count). The van der Waals surface area contributed by atoms with Gasteiger partial charge in [-0.3, -0.25) is 4.55 Å². The molecule has 0 radical (unpaired) electrons. The van der Waals surface area contributed by atoms with Crippen LogP contribution in [0.1, 0.15) is 0 Å². The highest BCUT2D eigenvalue weighted by atomic mass is 127. The summed E-state index contributed by atoms with van der Waals surface area (Å²) < 4.78 is 118. The zero-order valence-corrected chi connectivity index (χ0v) is 21.5. The van der Waals surface area contributed by atoms with Crippen LogP contribution in [0.15, 0.2) is 24.3 Å². The predicted molar refractivity (Wildman–Crippen MR) is 117 cm³/mol. The van der Waals surface area contributed by atoms with Crippen molar-refractivity contribution in [2.45, 2.75) is 18.0 Å². The van der Waals surface area contributed by atoms with Gasteiger partial charge in [-0.2, -0.15) is 34.8 Å². The van der Waals surface area contributed by atoms with E-state index in [4.69, 9.17) is 9.29 Å². The molecule has 0 heterocycles. The van der Waals surface area contributed by atoms with Gasteiger partial charge in [-0.05, 0) is 79.9 Å². The molecular weight excluding hydrogens is 807 g/mol. The molecule has 0 spiro atoms. The minimum Gasteiger partial charge on any atom is -0.435 e. The zero-order chi connectivity index (χ0) is 24.4. The van der Waals surface area contributed by atoms with Gasteiger partial charge >= 0.3 is 29.9 Å². The Labute approximate surface area is 211 Å². The van der Waals surface area contributed by atoms with E-state index < -0.39 is 45.8 Å². The molecule has 0 atom stereocenters. The molecule has 0 unspecified atom stereocenters. The summed E-state index contributed by atoms with van der Waals surface area (Å²) in [6.07, 6.45) is -12.9. The minimum atomic E-state index is -6.47. The SMILES string of the molecule is O=C(/C=C\C(=O)OC(CS(=O)(=O)O)(C(F)(F)F)C(F)(F)F)Oc1c(I)cc(I)cc1I. The van der Waals surface area contributed by atoms with Gasteiger partial charge in [0.15, 0.2) is 5.75 Å². The summed E-state index contributed by atoms with van der Waals surface area (Å²) in [5.41, 5.74) is -5.57. The van der Waals surface area contributed by atoms with Gasteiger partial charge in [-0.25, -0.2) is 9.59 Å². The van der Waals surface area contributed by atoms with Crippen LogP contribution < -0.4 is 4.74 Å². The number of hydrogen-bond donors (Lipinski definition) is 1. The molecule has 0 fully saturated rings. The van der Waals surface area contributed by atoms with Crippen LogP contribution in [-0.2, 0) is 24.4 Å². The van der Waals surface area contributed by atoms with E-state index in [-0.39, 0.29) is 17.9 Å². The second kappa shape index (κ2) is 10.2. The third-order valence-corrected chi connectivity index (χ3v) is 6.09. The van der Waals surface area contributed by atoms with Crippen LogP contribution in [0.4, 0.5) is 26.3 Å². The molecule has 0 aliphatic carbocycles. The summed E-state index contributed by atoms with van der Waals surface area (Å²) in [5, 5.41) is 0. The third kappa shape index (κ3) is 7.84. The van der Waals surface area contributed by atoms with E-state index >= 15 is 0 Å². The van der Waals surface area contributed by atoms with Crippen LogP contribution in [0, 0.1) is 10.7 Å². The first-order valence-corrected chi connectivity index (χ1v) is 12.0. The number of ether oxygens (including phenoxy) is 2. The van der Waals surface area contributed by atoms with E-state index in [9.17, 15) is 44.3 Å². The van der Waals surface area contributed by atoms with E-state index in [1.807, 2.05) is 22.6 Å². The number of hydrogen-bond acceptors (Lipinski definition) is 6. The molecule has 1 N–H and O–H groups in total. The van der Waals surface area contributed by atoms with Gasteiger partial charge in [-0.1, -0.05) is 0 Å². The number of carbonyl (C=O) groups excluding carboxylic acids is 2. The molecule has 174 valence electrons. The Kier molecular flexibility index (Phi) is 9.45. The fraction of sp³-hybridized carbons (Fsp3) is 0.286. The summed E-state index contributed by atoms with van der Waals surface area (Å²) in [6.45, 7) is 0.